The predicted octanol–water partition coefficient (Wildman–Crippen LogP) is 4.10. The number of nitrogens with one attached hydrogen (secondary N) is 1. The van der Waals surface area contributed by atoms with Gasteiger partial charge in [-0.1, -0.05) is 35.9 Å². The minimum absolute atomic E-state index is 0.244. The average molecular weight is 266 g/mol. The van der Waals surface area contributed by atoms with Crippen LogP contribution in [-0.4, -0.2) is 7.11 Å². The van der Waals surface area contributed by atoms with Gasteiger partial charge in [-0.2, -0.15) is 0 Å². The summed E-state index contributed by atoms with van der Waals surface area (Å²) in [6, 6.07) is 12.4. The molecule has 0 aliphatic rings. The van der Waals surface area contributed by atoms with Crippen molar-refractivity contribution in [1.29, 1.82) is 0 Å². The van der Waals surface area contributed by atoms with E-state index in [1.807, 2.05) is 18.2 Å². The molecule has 0 spiro atoms. The monoisotopic (exact) mass is 265 g/mol. The number of rotatable bonds is 4. The van der Waals surface area contributed by atoms with Crippen LogP contribution in [0.3, 0.4) is 0 Å². The summed E-state index contributed by atoms with van der Waals surface area (Å²) >= 11 is 6.01. The van der Waals surface area contributed by atoms with Crippen LogP contribution in [0.1, 0.15) is 5.56 Å². The van der Waals surface area contributed by atoms with E-state index in [1.54, 1.807) is 24.3 Å². The molecule has 4 heteroatoms. The maximum atomic E-state index is 13.9. The van der Waals surface area contributed by atoms with Gasteiger partial charge < -0.3 is 10.1 Å². The van der Waals surface area contributed by atoms with Gasteiger partial charge in [-0.15, -0.1) is 0 Å². The highest BCUT2D eigenvalue weighted by atomic mass is 35.5. The number of para-hydroxylation sites is 1. The molecule has 94 valence electrons. The molecule has 0 bridgehead atoms. The van der Waals surface area contributed by atoms with Crippen molar-refractivity contribution in [3.8, 4) is 5.75 Å². The molecular weight excluding hydrogens is 253 g/mol. The van der Waals surface area contributed by atoms with E-state index in [0.717, 1.165) is 5.69 Å². The fraction of sp³-hybridized carbons (Fsp3) is 0.143. The third-order valence-electron chi connectivity index (χ3n) is 2.61. The van der Waals surface area contributed by atoms with Crippen LogP contribution < -0.4 is 10.1 Å². The first kappa shape index (κ1) is 12.7. The number of benzene rings is 2. The van der Waals surface area contributed by atoms with Crippen LogP contribution in [0.5, 0.6) is 5.75 Å². The normalized spacial score (nSPS) is 10.2. The summed E-state index contributed by atoms with van der Waals surface area (Å²) in [6.45, 7) is 0.354. The van der Waals surface area contributed by atoms with E-state index in [-0.39, 0.29) is 11.6 Å². The van der Waals surface area contributed by atoms with Gasteiger partial charge in [0.2, 0.25) is 0 Å². The van der Waals surface area contributed by atoms with Gasteiger partial charge in [0.1, 0.15) is 0 Å². The quantitative estimate of drug-likeness (QED) is 0.899. The summed E-state index contributed by atoms with van der Waals surface area (Å²) in [6.07, 6.45) is 0. The van der Waals surface area contributed by atoms with Gasteiger partial charge in [0, 0.05) is 12.1 Å². The Morgan fingerprint density at radius 1 is 1.17 bits per heavy atom. The lowest BCUT2D eigenvalue weighted by molar-refractivity contribution is 0.384. The van der Waals surface area contributed by atoms with Crippen LogP contribution >= 0.6 is 11.6 Å². The van der Waals surface area contributed by atoms with Gasteiger partial charge in [-0.3, -0.25) is 0 Å². The number of halogens is 2. The second kappa shape index (κ2) is 5.74. The second-order valence-corrected chi connectivity index (χ2v) is 4.17. The topological polar surface area (TPSA) is 21.3 Å². The van der Waals surface area contributed by atoms with Crippen molar-refractivity contribution in [3.05, 3.63) is 58.9 Å². The molecule has 2 nitrogen and oxygen atoms in total. The highest BCUT2D eigenvalue weighted by Crippen LogP contribution is 2.24. The molecule has 0 fully saturated rings. The molecule has 0 saturated heterocycles. The van der Waals surface area contributed by atoms with Gasteiger partial charge >= 0.3 is 0 Å². The summed E-state index contributed by atoms with van der Waals surface area (Å²) in [7, 11) is 1.45. The lowest BCUT2D eigenvalue weighted by Gasteiger charge is -2.10. The van der Waals surface area contributed by atoms with Crippen LogP contribution in [0.15, 0.2) is 42.5 Å². The number of hydrogen-bond acceptors (Lipinski definition) is 2. The first-order valence-corrected chi connectivity index (χ1v) is 5.90. The SMILES string of the molecule is COc1cccc(CNc2ccccc2Cl)c1F. The summed E-state index contributed by atoms with van der Waals surface area (Å²) in [5.41, 5.74) is 1.32. The molecular formula is C14H13ClFNO. The van der Waals surface area contributed by atoms with Gasteiger partial charge in [0.15, 0.2) is 11.6 Å². The van der Waals surface area contributed by atoms with Crippen molar-refractivity contribution in [2.24, 2.45) is 0 Å². The molecule has 0 unspecified atom stereocenters. The molecule has 0 atom stereocenters. The Morgan fingerprint density at radius 3 is 2.67 bits per heavy atom. The Kier molecular flexibility index (Phi) is 4.05. The molecule has 18 heavy (non-hydrogen) atoms. The molecule has 0 heterocycles. The molecule has 2 rings (SSSR count). The molecule has 0 saturated carbocycles. The van der Waals surface area contributed by atoms with Crippen molar-refractivity contribution in [2.75, 3.05) is 12.4 Å². The Labute approximate surface area is 110 Å². The first-order valence-electron chi connectivity index (χ1n) is 5.52. The zero-order chi connectivity index (χ0) is 13.0. The molecule has 2 aromatic carbocycles. The van der Waals surface area contributed by atoms with Gasteiger partial charge in [-0.05, 0) is 18.2 Å². The molecule has 0 aliphatic carbocycles. The van der Waals surface area contributed by atoms with E-state index < -0.39 is 0 Å². The number of methoxy groups -OCH3 is 1. The van der Waals surface area contributed by atoms with E-state index in [9.17, 15) is 4.39 Å². The fourth-order valence-electron chi connectivity index (χ4n) is 1.65. The minimum atomic E-state index is -0.348. The number of ether oxygens (including phenoxy) is 1. The zero-order valence-electron chi connectivity index (χ0n) is 9.91. The number of anilines is 1. The fourth-order valence-corrected chi connectivity index (χ4v) is 1.85. The summed E-state index contributed by atoms with van der Waals surface area (Å²) < 4.78 is 18.8. The molecule has 0 aromatic heterocycles. The van der Waals surface area contributed by atoms with Crippen LogP contribution in [0.25, 0.3) is 0 Å². The van der Waals surface area contributed by atoms with Crippen molar-refractivity contribution >= 4 is 17.3 Å². The van der Waals surface area contributed by atoms with Gasteiger partial charge in [-0.25, -0.2) is 4.39 Å². The predicted molar refractivity (Wildman–Crippen MR) is 71.7 cm³/mol. The summed E-state index contributed by atoms with van der Waals surface area (Å²) in [5.74, 6) is -0.104. The molecule has 2 aromatic rings. The van der Waals surface area contributed by atoms with E-state index >= 15 is 0 Å². The van der Waals surface area contributed by atoms with Crippen LogP contribution in [0.2, 0.25) is 5.02 Å². The summed E-state index contributed by atoms with van der Waals surface area (Å²) in [4.78, 5) is 0. The molecule has 0 aliphatic heterocycles. The van der Waals surface area contributed by atoms with Crippen molar-refractivity contribution < 1.29 is 9.13 Å². The smallest absolute Gasteiger partial charge is 0.170 e. The van der Waals surface area contributed by atoms with Crippen LogP contribution in [0.4, 0.5) is 10.1 Å². The highest BCUT2D eigenvalue weighted by Gasteiger charge is 2.08. The molecule has 0 amide bonds. The van der Waals surface area contributed by atoms with E-state index in [2.05, 4.69) is 5.32 Å². The Balaban J connectivity index is 2.14. The Hall–Kier alpha value is -1.74. The first-order chi connectivity index (χ1) is 8.72. The van der Waals surface area contributed by atoms with E-state index in [4.69, 9.17) is 16.3 Å². The Morgan fingerprint density at radius 2 is 1.94 bits per heavy atom. The van der Waals surface area contributed by atoms with Crippen molar-refractivity contribution in [3.63, 3.8) is 0 Å². The zero-order valence-corrected chi connectivity index (χ0v) is 10.7. The maximum Gasteiger partial charge on any atom is 0.170 e. The minimum Gasteiger partial charge on any atom is -0.494 e. The van der Waals surface area contributed by atoms with Crippen molar-refractivity contribution in [1.82, 2.24) is 0 Å². The van der Waals surface area contributed by atoms with Crippen LogP contribution in [0, 0.1) is 5.82 Å². The van der Waals surface area contributed by atoms with Crippen molar-refractivity contribution in [2.45, 2.75) is 6.54 Å². The van der Waals surface area contributed by atoms with E-state index in [0.29, 0.717) is 17.1 Å². The van der Waals surface area contributed by atoms with E-state index in [1.165, 1.54) is 7.11 Å². The lowest BCUT2D eigenvalue weighted by atomic mass is 10.2. The molecule has 0 radical (unpaired) electrons. The third-order valence-corrected chi connectivity index (χ3v) is 2.94. The largest absolute Gasteiger partial charge is 0.494 e. The Bertz CT molecular complexity index is 545. The summed E-state index contributed by atoms with van der Waals surface area (Å²) in [5, 5.41) is 3.71. The van der Waals surface area contributed by atoms with Crippen LogP contribution in [-0.2, 0) is 6.54 Å². The average Bonchev–Trinajstić information content (AvgIpc) is 2.39. The van der Waals surface area contributed by atoms with Gasteiger partial charge in [0.25, 0.3) is 0 Å². The second-order valence-electron chi connectivity index (χ2n) is 3.77. The maximum absolute atomic E-state index is 13.9. The van der Waals surface area contributed by atoms with Gasteiger partial charge in [0.05, 0.1) is 17.8 Å². The number of hydrogen-bond donors (Lipinski definition) is 1. The lowest BCUT2D eigenvalue weighted by Crippen LogP contribution is -2.03. The molecule has 1 N–H and O–H groups in total. The highest BCUT2D eigenvalue weighted by molar-refractivity contribution is 6.33. The standard InChI is InChI=1S/C14H13ClFNO/c1-18-13-8-4-5-10(14(13)16)9-17-12-7-3-2-6-11(12)15/h2-8,17H,9H2,1H3. The third kappa shape index (κ3) is 2.74.